The molecule has 0 N–H and O–H groups in total. The average Bonchev–Trinajstić information content (AvgIpc) is 2.46. The monoisotopic (exact) mass is 291 g/mol. The number of amides is 1. The molecule has 5 heteroatoms. The van der Waals surface area contributed by atoms with Crippen LogP contribution in [0.3, 0.4) is 0 Å². The van der Waals surface area contributed by atoms with E-state index in [1.54, 1.807) is 0 Å². The maximum atomic E-state index is 12.3. The Balaban J connectivity index is 1.89. The molecule has 2 rings (SSSR count). The summed E-state index contributed by atoms with van der Waals surface area (Å²) in [4.78, 5) is 21.0. The topological polar surface area (TPSA) is 45.7 Å². The molecule has 1 atom stereocenters. The summed E-state index contributed by atoms with van der Waals surface area (Å²) in [6, 6.07) is 6.04. The highest BCUT2D eigenvalue weighted by Gasteiger charge is 2.26. The first kappa shape index (κ1) is 15.8. The molecule has 0 bridgehead atoms. The molecule has 0 spiro atoms. The summed E-state index contributed by atoms with van der Waals surface area (Å²) >= 11 is 0. The zero-order chi connectivity index (χ0) is 15.4. The number of hydrogen-bond acceptors (Lipinski definition) is 4. The van der Waals surface area contributed by atoms with Gasteiger partial charge in [0.15, 0.2) is 0 Å². The summed E-state index contributed by atoms with van der Waals surface area (Å²) < 4.78 is 5.58. The predicted octanol–water partition coefficient (Wildman–Crippen LogP) is 1.85. The van der Waals surface area contributed by atoms with Crippen molar-refractivity contribution in [2.24, 2.45) is 0 Å². The number of aryl methyl sites for hydroxylation is 1. The molecule has 1 aromatic rings. The second-order valence-corrected chi connectivity index (χ2v) is 5.78. The van der Waals surface area contributed by atoms with E-state index in [-0.39, 0.29) is 18.1 Å². The third-order valence-electron chi connectivity index (χ3n) is 3.61. The van der Waals surface area contributed by atoms with Crippen molar-refractivity contribution < 1.29 is 9.53 Å². The number of piperazine rings is 1. The fourth-order valence-corrected chi connectivity index (χ4v) is 2.58. The summed E-state index contributed by atoms with van der Waals surface area (Å²) in [6.45, 7) is 10.8. The van der Waals surface area contributed by atoms with Gasteiger partial charge in [0.2, 0.25) is 0 Å². The number of carbonyl (C=O) groups excluding carboxylic acids is 1. The Kier molecular flexibility index (Phi) is 5.17. The number of anilines is 1. The van der Waals surface area contributed by atoms with E-state index < -0.39 is 0 Å². The molecule has 1 aromatic heterocycles. The van der Waals surface area contributed by atoms with Crippen LogP contribution in [0.5, 0.6) is 0 Å². The highest BCUT2D eigenvalue weighted by molar-refractivity contribution is 5.80. The Morgan fingerprint density at radius 1 is 1.19 bits per heavy atom. The smallest absolute Gasteiger partial charge is 0.251 e. The second-order valence-electron chi connectivity index (χ2n) is 5.78. The largest absolute Gasteiger partial charge is 0.366 e. The fraction of sp³-hybridized carbons (Fsp3) is 0.625. The number of rotatable bonds is 4. The zero-order valence-corrected chi connectivity index (χ0v) is 13.4. The molecule has 2 heterocycles. The van der Waals surface area contributed by atoms with Crippen molar-refractivity contribution in [3.63, 3.8) is 0 Å². The van der Waals surface area contributed by atoms with E-state index in [0.29, 0.717) is 0 Å². The van der Waals surface area contributed by atoms with Crippen LogP contribution >= 0.6 is 0 Å². The van der Waals surface area contributed by atoms with Gasteiger partial charge < -0.3 is 14.5 Å². The standard InChI is InChI=1S/C16H25N3O2/c1-12(2)21-14(4)16(20)19-10-8-18(9-11-19)15-7-5-6-13(3)17-15/h5-7,12,14H,8-11H2,1-4H3. The van der Waals surface area contributed by atoms with Gasteiger partial charge in [-0.05, 0) is 39.8 Å². The first-order valence-corrected chi connectivity index (χ1v) is 7.60. The molecular weight excluding hydrogens is 266 g/mol. The normalized spacial score (nSPS) is 17.2. The van der Waals surface area contributed by atoms with Crippen molar-refractivity contribution in [3.8, 4) is 0 Å². The fourth-order valence-electron chi connectivity index (χ4n) is 2.58. The minimum absolute atomic E-state index is 0.0710. The van der Waals surface area contributed by atoms with Crippen LogP contribution in [0.25, 0.3) is 0 Å². The average molecular weight is 291 g/mol. The predicted molar refractivity (Wildman–Crippen MR) is 83.5 cm³/mol. The molecule has 1 aliphatic heterocycles. The van der Waals surface area contributed by atoms with Gasteiger partial charge in [-0.15, -0.1) is 0 Å². The quantitative estimate of drug-likeness (QED) is 0.849. The van der Waals surface area contributed by atoms with Crippen LogP contribution in [-0.2, 0) is 9.53 Å². The lowest BCUT2D eigenvalue weighted by Crippen LogP contribution is -2.51. The van der Waals surface area contributed by atoms with Crippen molar-refractivity contribution in [2.75, 3.05) is 31.1 Å². The summed E-state index contributed by atoms with van der Waals surface area (Å²) in [6.07, 6.45) is -0.296. The summed E-state index contributed by atoms with van der Waals surface area (Å²) in [7, 11) is 0. The Bertz CT molecular complexity index is 482. The van der Waals surface area contributed by atoms with Crippen molar-refractivity contribution in [1.29, 1.82) is 0 Å². The molecule has 0 radical (unpaired) electrons. The molecule has 1 amide bonds. The van der Waals surface area contributed by atoms with E-state index in [4.69, 9.17) is 4.74 Å². The summed E-state index contributed by atoms with van der Waals surface area (Å²) in [5.41, 5.74) is 1.02. The van der Waals surface area contributed by atoms with Crippen LogP contribution in [0.4, 0.5) is 5.82 Å². The molecule has 116 valence electrons. The van der Waals surface area contributed by atoms with Gasteiger partial charge in [0.25, 0.3) is 5.91 Å². The Morgan fingerprint density at radius 3 is 2.43 bits per heavy atom. The molecule has 21 heavy (non-hydrogen) atoms. The Morgan fingerprint density at radius 2 is 1.86 bits per heavy atom. The lowest BCUT2D eigenvalue weighted by Gasteiger charge is -2.36. The van der Waals surface area contributed by atoms with Crippen LogP contribution in [-0.4, -0.2) is 54.2 Å². The van der Waals surface area contributed by atoms with Gasteiger partial charge in [-0.25, -0.2) is 4.98 Å². The minimum Gasteiger partial charge on any atom is -0.366 e. The number of ether oxygens (including phenoxy) is 1. The number of aromatic nitrogens is 1. The second kappa shape index (κ2) is 6.89. The Hall–Kier alpha value is -1.62. The third-order valence-corrected chi connectivity index (χ3v) is 3.61. The molecule has 1 saturated heterocycles. The van der Waals surface area contributed by atoms with Gasteiger partial charge in [-0.3, -0.25) is 4.79 Å². The number of pyridine rings is 1. The number of nitrogens with zero attached hydrogens (tertiary/aromatic N) is 3. The SMILES string of the molecule is Cc1cccc(N2CCN(C(=O)C(C)OC(C)C)CC2)n1. The maximum absolute atomic E-state index is 12.3. The van der Waals surface area contributed by atoms with Gasteiger partial charge in [-0.1, -0.05) is 6.07 Å². The molecule has 5 nitrogen and oxygen atoms in total. The van der Waals surface area contributed by atoms with Gasteiger partial charge in [-0.2, -0.15) is 0 Å². The molecule has 1 unspecified atom stereocenters. The van der Waals surface area contributed by atoms with Crippen molar-refractivity contribution in [2.45, 2.75) is 39.9 Å². The molecule has 0 aliphatic carbocycles. The Labute approximate surface area is 126 Å². The van der Waals surface area contributed by atoms with Crippen LogP contribution in [0.15, 0.2) is 18.2 Å². The van der Waals surface area contributed by atoms with Crippen molar-refractivity contribution in [1.82, 2.24) is 9.88 Å². The lowest BCUT2D eigenvalue weighted by molar-refractivity contribution is -0.145. The highest BCUT2D eigenvalue weighted by atomic mass is 16.5. The van der Waals surface area contributed by atoms with E-state index in [1.807, 2.05) is 50.8 Å². The zero-order valence-electron chi connectivity index (χ0n) is 13.4. The van der Waals surface area contributed by atoms with Crippen molar-refractivity contribution in [3.05, 3.63) is 23.9 Å². The van der Waals surface area contributed by atoms with E-state index in [2.05, 4.69) is 9.88 Å². The van der Waals surface area contributed by atoms with E-state index in [9.17, 15) is 4.79 Å². The summed E-state index contributed by atoms with van der Waals surface area (Å²) in [5.74, 6) is 1.08. The van der Waals surface area contributed by atoms with E-state index in [0.717, 1.165) is 37.7 Å². The molecule has 0 aromatic carbocycles. The number of hydrogen-bond donors (Lipinski definition) is 0. The van der Waals surface area contributed by atoms with Crippen LogP contribution < -0.4 is 4.90 Å². The van der Waals surface area contributed by atoms with Crippen LogP contribution in [0.2, 0.25) is 0 Å². The first-order chi connectivity index (χ1) is 9.97. The molecule has 0 saturated carbocycles. The molecular formula is C16H25N3O2. The molecule has 1 aliphatic rings. The first-order valence-electron chi connectivity index (χ1n) is 7.60. The lowest BCUT2D eigenvalue weighted by atomic mass is 10.2. The minimum atomic E-state index is -0.367. The van der Waals surface area contributed by atoms with Crippen LogP contribution in [0.1, 0.15) is 26.5 Å². The highest BCUT2D eigenvalue weighted by Crippen LogP contribution is 2.15. The van der Waals surface area contributed by atoms with Gasteiger partial charge >= 0.3 is 0 Å². The van der Waals surface area contributed by atoms with Gasteiger partial charge in [0.05, 0.1) is 6.10 Å². The third kappa shape index (κ3) is 4.17. The maximum Gasteiger partial charge on any atom is 0.251 e. The van der Waals surface area contributed by atoms with E-state index >= 15 is 0 Å². The van der Waals surface area contributed by atoms with E-state index in [1.165, 1.54) is 0 Å². The van der Waals surface area contributed by atoms with Gasteiger partial charge in [0, 0.05) is 31.9 Å². The number of carbonyl (C=O) groups is 1. The molecule has 1 fully saturated rings. The van der Waals surface area contributed by atoms with Crippen LogP contribution in [0, 0.1) is 6.92 Å². The summed E-state index contributed by atoms with van der Waals surface area (Å²) in [5, 5.41) is 0. The van der Waals surface area contributed by atoms with Crippen molar-refractivity contribution >= 4 is 11.7 Å². The van der Waals surface area contributed by atoms with Gasteiger partial charge in [0.1, 0.15) is 11.9 Å².